The first kappa shape index (κ1) is 18.6. The number of carbonyl (C=O) groups excluding carboxylic acids is 2. The number of nitrogens with zero attached hydrogens (tertiary/aromatic N) is 3. The molecule has 1 aromatic heterocycles. The summed E-state index contributed by atoms with van der Waals surface area (Å²) in [6.07, 6.45) is 0.873. The molecule has 0 aliphatic carbocycles. The minimum Gasteiger partial charge on any atom is -0.465 e. The average Bonchev–Trinajstić information content (AvgIpc) is 2.73. The van der Waals surface area contributed by atoms with Gasteiger partial charge in [-0.1, -0.05) is 0 Å². The summed E-state index contributed by atoms with van der Waals surface area (Å²) in [5.74, 6) is -0.266. The monoisotopic (exact) mass is 370 g/mol. The van der Waals surface area contributed by atoms with Gasteiger partial charge in [0.15, 0.2) is 0 Å². The van der Waals surface area contributed by atoms with Crippen molar-refractivity contribution in [3.05, 3.63) is 58.0 Å². The van der Waals surface area contributed by atoms with Crippen LogP contribution in [0.4, 0.5) is 5.69 Å². The number of hydrogen-bond acceptors (Lipinski definition) is 6. The first-order valence-corrected chi connectivity index (χ1v) is 8.82. The van der Waals surface area contributed by atoms with Crippen molar-refractivity contribution in [1.82, 2.24) is 15.1 Å². The van der Waals surface area contributed by atoms with E-state index >= 15 is 0 Å². The third-order valence-electron chi connectivity index (χ3n) is 4.62. The maximum Gasteiger partial charge on any atom is 0.337 e. The Bertz CT molecular complexity index is 834. The second-order valence-corrected chi connectivity index (χ2v) is 6.32. The van der Waals surface area contributed by atoms with Crippen molar-refractivity contribution < 1.29 is 14.3 Å². The van der Waals surface area contributed by atoms with Gasteiger partial charge in [-0.25, -0.2) is 9.89 Å². The Morgan fingerprint density at radius 1 is 1.07 bits per heavy atom. The maximum absolute atomic E-state index is 12.4. The summed E-state index contributed by atoms with van der Waals surface area (Å²) in [6.45, 7) is 2.77. The van der Waals surface area contributed by atoms with Gasteiger partial charge in [-0.15, -0.1) is 0 Å². The lowest BCUT2D eigenvalue weighted by molar-refractivity contribution is -0.131. The summed E-state index contributed by atoms with van der Waals surface area (Å²) >= 11 is 0. The molecule has 0 bridgehead atoms. The van der Waals surface area contributed by atoms with Gasteiger partial charge in [0.25, 0.3) is 5.56 Å². The predicted molar refractivity (Wildman–Crippen MR) is 99.8 cm³/mol. The normalized spacial score (nSPS) is 14.1. The quantitative estimate of drug-likeness (QED) is 0.784. The highest BCUT2D eigenvalue weighted by Crippen LogP contribution is 2.18. The number of rotatable bonds is 5. The number of methoxy groups -OCH3 is 1. The number of amides is 1. The number of piperazine rings is 1. The summed E-state index contributed by atoms with van der Waals surface area (Å²) in [4.78, 5) is 38.9. The number of esters is 1. The smallest absolute Gasteiger partial charge is 0.337 e. The van der Waals surface area contributed by atoms with Gasteiger partial charge in [-0.05, 0) is 30.3 Å². The SMILES string of the molecule is COC(=O)c1ccc(N2CCN(C(=O)CCc3ccc(=O)[nH]n3)CC2)cc1. The molecule has 0 radical (unpaired) electrons. The minimum absolute atomic E-state index is 0.0867. The lowest BCUT2D eigenvalue weighted by Crippen LogP contribution is -2.48. The fourth-order valence-corrected chi connectivity index (χ4v) is 3.05. The van der Waals surface area contributed by atoms with Crippen molar-refractivity contribution in [1.29, 1.82) is 0 Å². The molecule has 27 heavy (non-hydrogen) atoms. The molecular formula is C19H22N4O4. The van der Waals surface area contributed by atoms with Crippen LogP contribution in [0.3, 0.4) is 0 Å². The zero-order chi connectivity index (χ0) is 19.2. The Morgan fingerprint density at radius 3 is 2.37 bits per heavy atom. The second-order valence-electron chi connectivity index (χ2n) is 6.32. The number of ether oxygens (including phenoxy) is 1. The van der Waals surface area contributed by atoms with Crippen molar-refractivity contribution in [2.75, 3.05) is 38.2 Å². The molecule has 1 aliphatic heterocycles. The van der Waals surface area contributed by atoms with Crippen LogP contribution in [0.5, 0.6) is 0 Å². The number of aromatic amines is 1. The van der Waals surface area contributed by atoms with E-state index in [2.05, 4.69) is 15.1 Å². The van der Waals surface area contributed by atoms with Gasteiger partial charge in [0, 0.05) is 50.8 Å². The molecule has 0 unspecified atom stereocenters. The van der Waals surface area contributed by atoms with Gasteiger partial charge in [0.1, 0.15) is 0 Å². The minimum atomic E-state index is -0.353. The van der Waals surface area contributed by atoms with Crippen molar-refractivity contribution >= 4 is 17.6 Å². The van der Waals surface area contributed by atoms with Crippen LogP contribution in [0, 0.1) is 0 Å². The molecule has 1 saturated heterocycles. The molecule has 1 amide bonds. The molecule has 0 saturated carbocycles. The number of H-pyrrole nitrogens is 1. The number of carbonyl (C=O) groups is 2. The molecule has 0 spiro atoms. The first-order chi connectivity index (χ1) is 13.1. The highest BCUT2D eigenvalue weighted by atomic mass is 16.5. The molecule has 3 rings (SSSR count). The number of aryl methyl sites for hydroxylation is 1. The van der Waals surface area contributed by atoms with Gasteiger partial charge in [-0.3, -0.25) is 9.59 Å². The summed E-state index contributed by atoms with van der Waals surface area (Å²) in [6, 6.07) is 10.3. The van der Waals surface area contributed by atoms with Crippen LogP contribution in [-0.4, -0.2) is 60.3 Å². The highest BCUT2D eigenvalue weighted by Gasteiger charge is 2.21. The zero-order valence-corrected chi connectivity index (χ0v) is 15.2. The molecule has 1 fully saturated rings. The highest BCUT2D eigenvalue weighted by molar-refractivity contribution is 5.89. The van der Waals surface area contributed by atoms with E-state index < -0.39 is 0 Å². The first-order valence-electron chi connectivity index (χ1n) is 8.82. The van der Waals surface area contributed by atoms with Crippen LogP contribution in [0.2, 0.25) is 0 Å². The van der Waals surface area contributed by atoms with Gasteiger partial charge in [0.2, 0.25) is 5.91 Å². The van der Waals surface area contributed by atoms with E-state index in [1.165, 1.54) is 13.2 Å². The molecule has 2 aromatic rings. The predicted octanol–water partition coefficient (Wildman–Crippen LogP) is 0.838. The van der Waals surface area contributed by atoms with Gasteiger partial charge in [-0.2, -0.15) is 5.10 Å². The standard InChI is InChI=1S/C19H22N4O4/c1-27-19(26)14-2-6-16(7-3-14)22-10-12-23(13-11-22)18(25)9-5-15-4-8-17(24)21-20-15/h2-4,6-8H,5,9-13H2,1H3,(H,21,24). The maximum atomic E-state index is 12.4. The molecule has 2 heterocycles. The Kier molecular flexibility index (Phi) is 5.85. The molecule has 8 heteroatoms. The van der Waals surface area contributed by atoms with Gasteiger partial charge < -0.3 is 14.5 Å². The molecule has 0 atom stereocenters. The van der Waals surface area contributed by atoms with Crippen LogP contribution in [0.15, 0.2) is 41.2 Å². The fourth-order valence-electron chi connectivity index (χ4n) is 3.05. The average molecular weight is 370 g/mol. The number of anilines is 1. The van der Waals surface area contributed by atoms with E-state index in [4.69, 9.17) is 4.74 Å². The van der Waals surface area contributed by atoms with Crippen LogP contribution in [0.1, 0.15) is 22.5 Å². The second kappa shape index (κ2) is 8.48. The van der Waals surface area contributed by atoms with Crippen molar-refractivity contribution in [3.8, 4) is 0 Å². The summed E-state index contributed by atoms with van der Waals surface area (Å²) in [5, 5.41) is 6.30. The zero-order valence-electron chi connectivity index (χ0n) is 15.2. The number of hydrogen-bond donors (Lipinski definition) is 1. The third kappa shape index (κ3) is 4.72. The molecule has 8 nitrogen and oxygen atoms in total. The number of aromatic nitrogens is 2. The Balaban J connectivity index is 1.49. The van der Waals surface area contributed by atoms with Crippen molar-refractivity contribution in [2.24, 2.45) is 0 Å². The molecule has 1 aliphatic rings. The van der Waals surface area contributed by atoms with Crippen molar-refractivity contribution in [2.45, 2.75) is 12.8 Å². The van der Waals surface area contributed by atoms with E-state index in [1.807, 2.05) is 17.0 Å². The topological polar surface area (TPSA) is 95.6 Å². The Hall–Kier alpha value is -3.16. The van der Waals surface area contributed by atoms with E-state index in [0.717, 1.165) is 18.8 Å². The number of benzene rings is 1. The lowest BCUT2D eigenvalue weighted by atomic mass is 10.1. The summed E-state index contributed by atoms with van der Waals surface area (Å²) < 4.78 is 4.70. The van der Waals surface area contributed by atoms with Crippen LogP contribution in [-0.2, 0) is 16.0 Å². The number of nitrogens with one attached hydrogen (secondary N) is 1. The largest absolute Gasteiger partial charge is 0.465 e. The summed E-state index contributed by atoms with van der Waals surface area (Å²) in [5.41, 5.74) is 1.99. The van der Waals surface area contributed by atoms with E-state index in [9.17, 15) is 14.4 Å². The Morgan fingerprint density at radius 2 is 1.78 bits per heavy atom. The molecule has 1 N–H and O–H groups in total. The lowest BCUT2D eigenvalue weighted by Gasteiger charge is -2.36. The van der Waals surface area contributed by atoms with E-state index in [0.29, 0.717) is 37.2 Å². The van der Waals surface area contributed by atoms with Gasteiger partial charge >= 0.3 is 5.97 Å². The Labute approximate surface area is 156 Å². The third-order valence-corrected chi connectivity index (χ3v) is 4.62. The molecule has 142 valence electrons. The summed E-state index contributed by atoms with van der Waals surface area (Å²) in [7, 11) is 1.36. The van der Waals surface area contributed by atoms with E-state index in [-0.39, 0.29) is 17.4 Å². The fraction of sp³-hybridized carbons (Fsp3) is 0.368. The molecule has 1 aromatic carbocycles. The van der Waals surface area contributed by atoms with Crippen LogP contribution >= 0.6 is 0 Å². The van der Waals surface area contributed by atoms with Gasteiger partial charge in [0.05, 0.1) is 18.4 Å². The van der Waals surface area contributed by atoms with Crippen LogP contribution < -0.4 is 10.5 Å². The molecular weight excluding hydrogens is 348 g/mol. The van der Waals surface area contributed by atoms with Crippen molar-refractivity contribution in [3.63, 3.8) is 0 Å². The van der Waals surface area contributed by atoms with E-state index in [1.54, 1.807) is 18.2 Å². The van der Waals surface area contributed by atoms with Crippen LogP contribution in [0.25, 0.3) is 0 Å².